The second kappa shape index (κ2) is 4.77. The topological polar surface area (TPSA) is 47.9 Å². The van der Waals surface area contributed by atoms with Gasteiger partial charge >= 0.3 is 0 Å². The summed E-state index contributed by atoms with van der Waals surface area (Å²) in [7, 11) is 0. The molecule has 4 nitrogen and oxygen atoms in total. The molecule has 1 aliphatic rings. The Kier molecular flexibility index (Phi) is 3.17. The number of isocyanates is 1. The number of ether oxygens (including phenoxy) is 2. The van der Waals surface area contributed by atoms with Crippen molar-refractivity contribution in [2.24, 2.45) is 4.99 Å². The van der Waals surface area contributed by atoms with Crippen molar-refractivity contribution in [2.75, 3.05) is 13.2 Å². The van der Waals surface area contributed by atoms with Crippen LogP contribution in [0.1, 0.15) is 12.0 Å². The molecule has 0 spiro atoms. The largest absolute Gasteiger partial charge is 0.489 e. The molecular formula is C11H10FNO3. The smallest absolute Gasteiger partial charge is 0.235 e. The molecule has 0 fully saturated rings. The summed E-state index contributed by atoms with van der Waals surface area (Å²) in [5, 5.41) is 0. The summed E-state index contributed by atoms with van der Waals surface area (Å²) < 4.78 is 24.1. The number of fused-ring (bicyclic) bond motifs is 1. The molecule has 0 atom stereocenters. The molecule has 1 heterocycles. The number of aliphatic imine (C=N–C) groups is 1. The van der Waals surface area contributed by atoms with Gasteiger partial charge in [-0.2, -0.15) is 0 Å². The van der Waals surface area contributed by atoms with Crippen molar-refractivity contribution < 1.29 is 18.7 Å². The summed E-state index contributed by atoms with van der Waals surface area (Å²) in [6.07, 6.45) is 2.14. The van der Waals surface area contributed by atoms with E-state index >= 15 is 0 Å². The number of carbonyl (C=O) groups excluding carboxylic acids is 1. The van der Waals surface area contributed by atoms with Gasteiger partial charge in [0, 0.05) is 12.0 Å². The minimum atomic E-state index is -0.462. The Morgan fingerprint density at radius 1 is 1.31 bits per heavy atom. The summed E-state index contributed by atoms with van der Waals surface area (Å²) in [6.45, 7) is 1.01. The van der Waals surface area contributed by atoms with Gasteiger partial charge in [-0.15, -0.1) is 0 Å². The SMILES string of the molecule is O=C=NCc1ccc(F)c2c1OCCCO2. The molecule has 5 heteroatoms. The molecular weight excluding hydrogens is 213 g/mol. The first-order chi connectivity index (χ1) is 7.83. The normalized spacial score (nSPS) is 13.8. The monoisotopic (exact) mass is 223 g/mol. The van der Waals surface area contributed by atoms with E-state index in [1.165, 1.54) is 18.2 Å². The molecule has 2 rings (SSSR count). The van der Waals surface area contributed by atoms with Crippen molar-refractivity contribution in [3.63, 3.8) is 0 Å². The Balaban J connectivity index is 2.42. The Labute approximate surface area is 91.7 Å². The second-order valence-electron chi connectivity index (χ2n) is 3.32. The summed E-state index contributed by atoms with van der Waals surface area (Å²) in [5.74, 6) is -0.0108. The highest BCUT2D eigenvalue weighted by molar-refractivity contribution is 5.48. The first-order valence-electron chi connectivity index (χ1n) is 4.93. The molecule has 1 aromatic rings. The number of nitrogens with zero attached hydrogens (tertiary/aromatic N) is 1. The van der Waals surface area contributed by atoms with E-state index in [1.807, 2.05) is 0 Å². The Hall–Kier alpha value is -1.87. The lowest BCUT2D eigenvalue weighted by atomic mass is 10.2. The number of halogens is 1. The van der Waals surface area contributed by atoms with Crippen LogP contribution < -0.4 is 9.47 Å². The van der Waals surface area contributed by atoms with Gasteiger partial charge in [-0.05, 0) is 6.07 Å². The lowest BCUT2D eigenvalue weighted by Crippen LogP contribution is -1.98. The molecule has 1 aromatic carbocycles. The average Bonchev–Trinajstić information content (AvgIpc) is 2.54. The van der Waals surface area contributed by atoms with E-state index in [-0.39, 0.29) is 12.3 Å². The Morgan fingerprint density at radius 3 is 2.81 bits per heavy atom. The van der Waals surface area contributed by atoms with Crippen LogP contribution in [0.3, 0.4) is 0 Å². The maximum absolute atomic E-state index is 13.4. The highest BCUT2D eigenvalue weighted by Gasteiger charge is 2.18. The summed E-state index contributed by atoms with van der Waals surface area (Å²) in [4.78, 5) is 13.5. The number of rotatable bonds is 2. The second-order valence-corrected chi connectivity index (χ2v) is 3.32. The van der Waals surface area contributed by atoms with Crippen LogP contribution in [-0.4, -0.2) is 19.3 Å². The van der Waals surface area contributed by atoms with Crippen LogP contribution in [-0.2, 0) is 11.3 Å². The van der Waals surface area contributed by atoms with Gasteiger partial charge in [-0.1, -0.05) is 6.07 Å². The van der Waals surface area contributed by atoms with Gasteiger partial charge in [0.25, 0.3) is 0 Å². The van der Waals surface area contributed by atoms with Gasteiger partial charge in [0.1, 0.15) is 0 Å². The van der Waals surface area contributed by atoms with Crippen molar-refractivity contribution in [3.05, 3.63) is 23.5 Å². The van der Waals surface area contributed by atoms with Crippen molar-refractivity contribution in [3.8, 4) is 11.5 Å². The number of hydrogen-bond acceptors (Lipinski definition) is 4. The third-order valence-electron chi connectivity index (χ3n) is 2.24. The van der Waals surface area contributed by atoms with E-state index in [1.54, 1.807) is 0 Å². The molecule has 16 heavy (non-hydrogen) atoms. The van der Waals surface area contributed by atoms with E-state index in [4.69, 9.17) is 9.47 Å². The van der Waals surface area contributed by atoms with Crippen LogP contribution in [0, 0.1) is 5.82 Å². The number of hydrogen-bond donors (Lipinski definition) is 0. The van der Waals surface area contributed by atoms with Gasteiger partial charge < -0.3 is 9.47 Å². The lowest BCUT2D eigenvalue weighted by Gasteiger charge is -2.11. The molecule has 0 saturated heterocycles. The Bertz CT molecular complexity index is 441. The van der Waals surface area contributed by atoms with Gasteiger partial charge in [-0.25, -0.2) is 14.2 Å². The van der Waals surface area contributed by atoms with Crippen LogP contribution >= 0.6 is 0 Å². The fourth-order valence-electron chi connectivity index (χ4n) is 1.52. The number of benzene rings is 1. The van der Waals surface area contributed by atoms with Gasteiger partial charge in [-0.3, -0.25) is 0 Å². The van der Waals surface area contributed by atoms with E-state index in [0.717, 1.165) is 0 Å². The highest BCUT2D eigenvalue weighted by atomic mass is 19.1. The van der Waals surface area contributed by atoms with E-state index in [9.17, 15) is 9.18 Å². The van der Waals surface area contributed by atoms with E-state index in [2.05, 4.69) is 4.99 Å². The van der Waals surface area contributed by atoms with Crippen molar-refractivity contribution in [2.45, 2.75) is 13.0 Å². The van der Waals surface area contributed by atoms with Crippen LogP contribution in [0.25, 0.3) is 0 Å². The van der Waals surface area contributed by atoms with Crippen LogP contribution in [0.15, 0.2) is 17.1 Å². The van der Waals surface area contributed by atoms with Gasteiger partial charge in [0.2, 0.25) is 6.08 Å². The molecule has 0 amide bonds. The predicted molar refractivity (Wildman–Crippen MR) is 53.8 cm³/mol. The molecule has 0 aromatic heterocycles. The van der Waals surface area contributed by atoms with Crippen molar-refractivity contribution in [1.29, 1.82) is 0 Å². The fourth-order valence-corrected chi connectivity index (χ4v) is 1.52. The van der Waals surface area contributed by atoms with Crippen molar-refractivity contribution in [1.82, 2.24) is 0 Å². The first kappa shape index (κ1) is 10.6. The maximum atomic E-state index is 13.4. The predicted octanol–water partition coefficient (Wildman–Crippen LogP) is 1.82. The summed E-state index contributed by atoms with van der Waals surface area (Å²) >= 11 is 0. The zero-order chi connectivity index (χ0) is 11.4. The maximum Gasteiger partial charge on any atom is 0.235 e. The zero-order valence-corrected chi connectivity index (χ0v) is 8.53. The minimum Gasteiger partial charge on any atom is -0.489 e. The third-order valence-corrected chi connectivity index (χ3v) is 2.24. The average molecular weight is 223 g/mol. The van der Waals surface area contributed by atoms with E-state index in [0.29, 0.717) is 30.9 Å². The molecule has 0 bridgehead atoms. The Morgan fingerprint density at radius 2 is 2.06 bits per heavy atom. The molecule has 0 unspecified atom stereocenters. The molecule has 0 N–H and O–H groups in total. The zero-order valence-electron chi connectivity index (χ0n) is 8.53. The molecule has 84 valence electrons. The van der Waals surface area contributed by atoms with Crippen molar-refractivity contribution >= 4 is 6.08 Å². The molecule has 0 saturated carbocycles. The molecule has 1 aliphatic heterocycles. The summed E-state index contributed by atoms with van der Waals surface area (Å²) in [5.41, 5.74) is 0.627. The van der Waals surface area contributed by atoms with Crippen LogP contribution in [0.5, 0.6) is 11.5 Å². The van der Waals surface area contributed by atoms with Crippen LogP contribution in [0.4, 0.5) is 4.39 Å². The van der Waals surface area contributed by atoms with Gasteiger partial charge in [0.15, 0.2) is 17.3 Å². The standard InChI is InChI=1S/C11H10FNO3/c12-9-3-2-8(6-13-7-14)10-11(9)16-5-1-4-15-10/h2-3H,1,4-6H2. The molecule has 0 radical (unpaired) electrons. The molecule has 0 aliphatic carbocycles. The third kappa shape index (κ3) is 2.04. The lowest BCUT2D eigenvalue weighted by molar-refractivity contribution is 0.291. The van der Waals surface area contributed by atoms with Crippen LogP contribution in [0.2, 0.25) is 0 Å². The van der Waals surface area contributed by atoms with E-state index < -0.39 is 5.82 Å². The minimum absolute atomic E-state index is 0.107. The highest BCUT2D eigenvalue weighted by Crippen LogP contribution is 2.36. The first-order valence-corrected chi connectivity index (χ1v) is 4.93. The summed E-state index contributed by atoms with van der Waals surface area (Å²) in [6, 6.07) is 2.81. The quantitative estimate of drug-likeness (QED) is 0.567. The van der Waals surface area contributed by atoms with Gasteiger partial charge in [0.05, 0.1) is 19.8 Å². The fraction of sp³-hybridized carbons (Fsp3) is 0.364.